The van der Waals surface area contributed by atoms with Gasteiger partial charge in [-0.1, -0.05) is 86.2 Å². The van der Waals surface area contributed by atoms with Gasteiger partial charge in [0.2, 0.25) is 17.7 Å². The lowest BCUT2D eigenvalue weighted by Crippen LogP contribution is -2.56. The number of hydrogen-bond donors (Lipinski definition) is 7. The summed E-state index contributed by atoms with van der Waals surface area (Å²) in [6.45, 7) is 2.94. The molecule has 2 aromatic rings. The molecule has 1 saturated heterocycles. The molecule has 14 nitrogen and oxygen atoms in total. The van der Waals surface area contributed by atoms with Crippen LogP contribution in [-0.2, 0) is 25.7 Å². The number of hydrogen-bond acceptors (Lipinski definition) is 9. The van der Waals surface area contributed by atoms with Gasteiger partial charge in [-0.25, -0.2) is 0 Å². The number of carbonyl (C=O) groups excluding carboxylic acids is 5. The average molecular weight is 752 g/mol. The zero-order chi connectivity index (χ0) is 38.0. The van der Waals surface area contributed by atoms with Crippen LogP contribution in [0.2, 0.25) is 0 Å². The average Bonchev–Trinajstić information content (AvgIpc) is 3.38. The minimum atomic E-state index is -1.05. The molecule has 1 aliphatic rings. The van der Waals surface area contributed by atoms with Gasteiger partial charge in [-0.2, -0.15) is 0 Å². The highest BCUT2D eigenvalue weighted by Crippen LogP contribution is 2.33. The fourth-order valence-electron chi connectivity index (χ4n) is 5.30. The van der Waals surface area contributed by atoms with Crippen molar-refractivity contribution in [2.75, 3.05) is 13.1 Å². The maximum atomic E-state index is 13.7. The number of primary amides is 1. The van der Waals surface area contributed by atoms with E-state index >= 15 is 0 Å². The molecule has 1 fully saturated rings. The number of nitrogens with two attached hydrogens (primary N) is 4. The molecule has 3 atom stereocenters. The summed E-state index contributed by atoms with van der Waals surface area (Å²) >= 11 is 6.68. The van der Waals surface area contributed by atoms with Gasteiger partial charge in [0.1, 0.15) is 22.4 Å². The van der Waals surface area contributed by atoms with Crippen molar-refractivity contribution in [2.24, 2.45) is 27.9 Å². The molecule has 52 heavy (non-hydrogen) atoms. The van der Waals surface area contributed by atoms with Crippen LogP contribution < -0.4 is 38.9 Å². The lowest BCUT2D eigenvalue weighted by atomic mass is 10.0. The quantitative estimate of drug-likeness (QED) is 0.0322. The summed E-state index contributed by atoms with van der Waals surface area (Å²) in [5, 5.41) is 8.20. The molecule has 16 heteroatoms. The molecule has 0 saturated carbocycles. The van der Waals surface area contributed by atoms with Crippen LogP contribution in [0.3, 0.4) is 0 Å². The number of unbranched alkanes of at least 4 members (excludes halogenated alkanes) is 2. The lowest BCUT2D eigenvalue weighted by Gasteiger charge is -2.25. The number of thiocarbonyl (C=S) groups is 1. The van der Waals surface area contributed by atoms with Gasteiger partial charge < -0.3 is 38.9 Å². The molecule has 1 heterocycles. The third-order valence-electron chi connectivity index (χ3n) is 8.18. The van der Waals surface area contributed by atoms with Crippen LogP contribution in [0.25, 0.3) is 6.08 Å². The third-order valence-corrected chi connectivity index (χ3v) is 9.56. The molecule has 2 aromatic carbocycles. The first-order valence-electron chi connectivity index (χ1n) is 17.3. The highest BCUT2D eigenvalue weighted by molar-refractivity contribution is 8.26. The fraction of sp³-hybridized carbons (Fsp3) is 0.417. The number of amides is 5. The second-order valence-electron chi connectivity index (χ2n) is 12.3. The number of guanidine groups is 1. The normalized spacial score (nSPS) is 15.1. The van der Waals surface area contributed by atoms with Crippen molar-refractivity contribution in [1.29, 1.82) is 0 Å². The smallest absolute Gasteiger partial charge is 0.266 e. The Morgan fingerprint density at radius 1 is 0.846 bits per heavy atom. The first kappa shape index (κ1) is 41.6. The first-order valence-corrected chi connectivity index (χ1v) is 18.5. The van der Waals surface area contributed by atoms with Crippen molar-refractivity contribution < 1.29 is 24.0 Å². The van der Waals surface area contributed by atoms with E-state index < -0.39 is 41.8 Å². The maximum absolute atomic E-state index is 13.7. The Hall–Kier alpha value is -4.80. The molecule has 3 rings (SSSR count). The van der Waals surface area contributed by atoms with E-state index in [1.54, 1.807) is 35.2 Å². The van der Waals surface area contributed by atoms with Crippen molar-refractivity contribution in [3.05, 3.63) is 76.2 Å². The van der Waals surface area contributed by atoms with Crippen molar-refractivity contribution in [1.82, 2.24) is 20.9 Å². The van der Waals surface area contributed by atoms with Crippen LogP contribution in [0.1, 0.15) is 79.8 Å². The number of carbonyl (C=O) groups is 5. The summed E-state index contributed by atoms with van der Waals surface area (Å²) in [6, 6.07) is 13.2. The molecule has 5 amide bonds. The van der Waals surface area contributed by atoms with Crippen molar-refractivity contribution in [2.45, 2.75) is 83.0 Å². The van der Waals surface area contributed by atoms with Gasteiger partial charge in [-0.15, -0.1) is 0 Å². The predicted octanol–water partition coefficient (Wildman–Crippen LogP) is 2.01. The van der Waals surface area contributed by atoms with Crippen LogP contribution in [0.5, 0.6) is 0 Å². The molecule has 0 unspecified atom stereocenters. The first-order chi connectivity index (χ1) is 24.9. The van der Waals surface area contributed by atoms with E-state index in [1.165, 1.54) is 11.8 Å². The van der Waals surface area contributed by atoms with E-state index in [1.807, 2.05) is 37.3 Å². The van der Waals surface area contributed by atoms with Gasteiger partial charge in [0, 0.05) is 12.1 Å². The lowest BCUT2D eigenvalue weighted by molar-refractivity contribution is -0.132. The van der Waals surface area contributed by atoms with E-state index in [0.29, 0.717) is 60.0 Å². The van der Waals surface area contributed by atoms with Gasteiger partial charge >= 0.3 is 0 Å². The van der Waals surface area contributed by atoms with Crippen molar-refractivity contribution in [3.63, 3.8) is 0 Å². The number of aliphatic imine (C=N–C) groups is 1. The molecular formula is C36H49N9O5S2. The van der Waals surface area contributed by atoms with E-state index in [9.17, 15) is 24.0 Å². The van der Waals surface area contributed by atoms with Gasteiger partial charge in [0.15, 0.2) is 5.96 Å². The number of nitrogens with zero attached hydrogens (tertiary/aromatic N) is 2. The van der Waals surface area contributed by atoms with Gasteiger partial charge in [-0.05, 0) is 74.4 Å². The Bertz CT molecular complexity index is 1620. The summed E-state index contributed by atoms with van der Waals surface area (Å²) in [5.74, 6) is -2.64. The standard InChI is InChI=1S/C36H49N9O5S2/c1-2-3-12-26(30(38)46)42-32(48)27(13-7-8-19-37)44-33(49)28(14-9-20-41-35(39)40)43-31(47)25-17-15-23(16-18-25)21-29-34(50)45(36(51)52-29)22-24-10-5-4-6-11-24/h4-6,10-11,15-18,21,26-28H,2-3,7-9,12-14,19-20,22,37H2,1H3,(H2,38,46)(H,42,48)(H,43,47)(H,44,49)(H4,39,40,41)/b29-21-/t26-,27-,28-/m0/s1. The molecule has 0 spiro atoms. The van der Waals surface area contributed by atoms with Crippen LogP contribution in [0.4, 0.5) is 0 Å². The molecule has 1 aliphatic heterocycles. The predicted molar refractivity (Wildman–Crippen MR) is 208 cm³/mol. The van der Waals surface area contributed by atoms with E-state index in [2.05, 4.69) is 20.9 Å². The monoisotopic (exact) mass is 751 g/mol. The number of benzene rings is 2. The van der Waals surface area contributed by atoms with Crippen LogP contribution in [-0.4, -0.2) is 75.9 Å². The zero-order valence-corrected chi connectivity index (χ0v) is 31.0. The van der Waals surface area contributed by atoms with Gasteiger partial charge in [0.05, 0.1) is 11.4 Å². The minimum Gasteiger partial charge on any atom is -0.370 e. The molecule has 11 N–H and O–H groups in total. The summed E-state index contributed by atoms with van der Waals surface area (Å²) in [7, 11) is 0. The largest absolute Gasteiger partial charge is 0.370 e. The summed E-state index contributed by atoms with van der Waals surface area (Å²) in [4.78, 5) is 71.5. The van der Waals surface area contributed by atoms with Gasteiger partial charge in [-0.3, -0.25) is 33.9 Å². The van der Waals surface area contributed by atoms with Crippen molar-refractivity contribution >= 4 is 69.9 Å². The number of nitrogens with one attached hydrogen (secondary N) is 3. The Morgan fingerprint density at radius 3 is 2.08 bits per heavy atom. The molecular weight excluding hydrogens is 703 g/mol. The topological polar surface area (TPSA) is 241 Å². The summed E-state index contributed by atoms with van der Waals surface area (Å²) in [5.41, 5.74) is 24.0. The number of rotatable bonds is 21. The second kappa shape index (κ2) is 21.5. The Kier molecular flexibility index (Phi) is 17.2. The van der Waals surface area contributed by atoms with Gasteiger partial charge in [0.25, 0.3) is 11.8 Å². The van der Waals surface area contributed by atoms with Crippen LogP contribution in [0, 0.1) is 0 Å². The van der Waals surface area contributed by atoms with E-state index in [4.69, 9.17) is 35.2 Å². The fourth-order valence-corrected chi connectivity index (χ4v) is 6.55. The van der Waals surface area contributed by atoms with Crippen LogP contribution >= 0.6 is 24.0 Å². The highest BCUT2D eigenvalue weighted by atomic mass is 32.2. The SMILES string of the molecule is CCCC[C@H](NC(=O)[C@H](CCCCN)NC(=O)[C@H](CCCN=C(N)N)NC(=O)c1ccc(/C=C2\SC(=S)N(Cc3ccccc3)C2=O)cc1)C(N)=O. The summed E-state index contributed by atoms with van der Waals surface area (Å²) < 4.78 is 0.462. The summed E-state index contributed by atoms with van der Waals surface area (Å²) in [6.07, 6.45) is 5.49. The van der Waals surface area contributed by atoms with E-state index in [0.717, 1.165) is 12.0 Å². The van der Waals surface area contributed by atoms with Crippen molar-refractivity contribution in [3.8, 4) is 0 Å². The second-order valence-corrected chi connectivity index (χ2v) is 14.0. The molecule has 0 aliphatic carbocycles. The zero-order valence-electron chi connectivity index (χ0n) is 29.3. The third kappa shape index (κ3) is 13.4. The maximum Gasteiger partial charge on any atom is 0.266 e. The molecule has 0 radical (unpaired) electrons. The molecule has 0 aromatic heterocycles. The number of thioether (sulfide) groups is 1. The highest BCUT2D eigenvalue weighted by Gasteiger charge is 2.32. The molecule has 0 bridgehead atoms. The Morgan fingerprint density at radius 2 is 1.46 bits per heavy atom. The Labute approximate surface area is 314 Å². The minimum absolute atomic E-state index is 0.104. The Balaban J connectivity index is 1.73. The van der Waals surface area contributed by atoms with Crippen LogP contribution in [0.15, 0.2) is 64.5 Å². The van der Waals surface area contributed by atoms with E-state index in [-0.39, 0.29) is 36.8 Å². The molecule has 280 valence electrons.